The average molecular weight is 482 g/mol. The molecule has 0 radical (unpaired) electrons. The van der Waals surface area contributed by atoms with Crippen LogP contribution in [0.1, 0.15) is 25.8 Å². The molecule has 0 aliphatic heterocycles. The number of rotatable bonds is 10. The maximum Gasteiger partial charge on any atom is 0.244 e. The monoisotopic (exact) mass is 481 g/mol. The molecule has 0 unspecified atom stereocenters. The first-order chi connectivity index (χ1) is 16.3. The first kappa shape index (κ1) is 25.2. The van der Waals surface area contributed by atoms with Gasteiger partial charge >= 0.3 is 0 Å². The van der Waals surface area contributed by atoms with Gasteiger partial charge in [0.2, 0.25) is 21.8 Å². The van der Waals surface area contributed by atoms with E-state index in [1.54, 1.807) is 12.1 Å². The maximum absolute atomic E-state index is 13.7. The number of carbonyl (C=O) groups excluding carboxylic acids is 2. The summed E-state index contributed by atoms with van der Waals surface area (Å²) >= 11 is 0. The van der Waals surface area contributed by atoms with Crippen LogP contribution >= 0.6 is 0 Å². The summed E-state index contributed by atoms with van der Waals surface area (Å²) in [6.07, 6.45) is 1.49. The molecule has 1 N–H and O–H groups in total. The van der Waals surface area contributed by atoms with Gasteiger partial charge in [-0.05, 0) is 30.4 Å². The quantitative estimate of drug-likeness (QED) is 0.480. The summed E-state index contributed by atoms with van der Waals surface area (Å²) in [5.41, 5.74) is 1.29. The summed E-state index contributed by atoms with van der Waals surface area (Å²) < 4.78 is 26.8. The topological polar surface area (TPSA) is 86.8 Å². The van der Waals surface area contributed by atoms with Crippen molar-refractivity contribution in [2.45, 2.75) is 32.9 Å². The summed E-state index contributed by atoms with van der Waals surface area (Å²) in [5.74, 6) is -0.703. The fraction of sp³-hybridized carbons (Fsp3) is 0.308. The molecule has 0 bridgehead atoms. The number of fused-ring (bicyclic) bond motifs is 1. The Morgan fingerprint density at radius 3 is 2.21 bits per heavy atom. The average Bonchev–Trinajstić information content (AvgIpc) is 2.82. The Hall–Kier alpha value is -3.39. The number of benzene rings is 3. The van der Waals surface area contributed by atoms with Crippen molar-refractivity contribution in [2.24, 2.45) is 0 Å². The van der Waals surface area contributed by atoms with Crippen molar-refractivity contribution in [2.75, 3.05) is 23.7 Å². The molecule has 0 fully saturated rings. The van der Waals surface area contributed by atoms with Gasteiger partial charge in [0.25, 0.3) is 0 Å². The summed E-state index contributed by atoms with van der Waals surface area (Å²) in [7, 11) is -3.79. The number of carbonyl (C=O) groups is 2. The van der Waals surface area contributed by atoms with Gasteiger partial charge in [-0.25, -0.2) is 8.42 Å². The number of anilines is 1. The third-order valence-electron chi connectivity index (χ3n) is 5.65. The standard InChI is InChI=1S/C26H31N3O4S/c1-4-23(26(31)27-5-2)28(18-20-12-7-6-8-13-20)25(30)19-29(34(3,32)33)24-17-11-15-21-14-9-10-16-22(21)24/h6-17,23H,4-5,18-19H2,1-3H3,(H,27,31)/t23-/m1/s1. The van der Waals surface area contributed by atoms with Gasteiger partial charge in [-0.3, -0.25) is 13.9 Å². The highest BCUT2D eigenvalue weighted by molar-refractivity contribution is 7.92. The summed E-state index contributed by atoms with van der Waals surface area (Å²) in [6, 6.07) is 21.4. The lowest BCUT2D eigenvalue weighted by molar-refractivity contribution is -0.140. The molecule has 0 heterocycles. The number of sulfonamides is 1. The predicted molar refractivity (Wildman–Crippen MR) is 136 cm³/mol. The lowest BCUT2D eigenvalue weighted by atomic mass is 10.1. The zero-order valence-electron chi connectivity index (χ0n) is 19.8. The van der Waals surface area contributed by atoms with E-state index >= 15 is 0 Å². The number of hydrogen-bond donors (Lipinski definition) is 1. The van der Waals surface area contributed by atoms with Crippen molar-refractivity contribution in [3.05, 3.63) is 78.4 Å². The van der Waals surface area contributed by atoms with Crippen molar-refractivity contribution in [3.63, 3.8) is 0 Å². The van der Waals surface area contributed by atoms with Crippen molar-refractivity contribution in [1.29, 1.82) is 0 Å². The minimum atomic E-state index is -3.79. The predicted octanol–water partition coefficient (Wildman–Crippen LogP) is 3.55. The summed E-state index contributed by atoms with van der Waals surface area (Å²) in [4.78, 5) is 27.9. The Labute approximate surface area is 201 Å². The fourth-order valence-corrected chi connectivity index (χ4v) is 4.87. The van der Waals surface area contributed by atoms with Crippen LogP contribution in [-0.2, 0) is 26.2 Å². The highest BCUT2D eigenvalue weighted by Gasteiger charge is 2.31. The van der Waals surface area contributed by atoms with E-state index in [-0.39, 0.29) is 12.5 Å². The molecule has 3 aromatic carbocycles. The van der Waals surface area contributed by atoms with Gasteiger partial charge in [0.15, 0.2) is 0 Å². The lowest BCUT2D eigenvalue weighted by Gasteiger charge is -2.33. The molecular formula is C26H31N3O4S. The third-order valence-corrected chi connectivity index (χ3v) is 6.77. The number of nitrogens with one attached hydrogen (secondary N) is 1. The Morgan fingerprint density at radius 2 is 1.56 bits per heavy atom. The van der Waals surface area contributed by atoms with Crippen LogP contribution in [0.2, 0.25) is 0 Å². The molecule has 180 valence electrons. The highest BCUT2D eigenvalue weighted by Crippen LogP contribution is 2.28. The fourth-order valence-electron chi connectivity index (χ4n) is 4.01. The van der Waals surface area contributed by atoms with Crippen LogP contribution < -0.4 is 9.62 Å². The third kappa shape index (κ3) is 5.94. The van der Waals surface area contributed by atoms with Crippen LogP contribution in [0.5, 0.6) is 0 Å². The molecule has 0 saturated heterocycles. The summed E-state index contributed by atoms with van der Waals surface area (Å²) in [6.45, 7) is 3.89. The van der Waals surface area contributed by atoms with Gasteiger partial charge in [-0.2, -0.15) is 0 Å². The Balaban J connectivity index is 2.01. The Morgan fingerprint density at radius 1 is 0.912 bits per heavy atom. The van der Waals surface area contributed by atoms with Crippen molar-refractivity contribution >= 4 is 38.3 Å². The van der Waals surface area contributed by atoms with E-state index in [0.717, 1.165) is 26.9 Å². The molecule has 8 heteroatoms. The molecule has 7 nitrogen and oxygen atoms in total. The van der Waals surface area contributed by atoms with Gasteiger partial charge in [0.1, 0.15) is 12.6 Å². The second-order valence-corrected chi connectivity index (χ2v) is 10.0. The first-order valence-corrected chi connectivity index (χ1v) is 13.2. The van der Waals surface area contributed by atoms with Crippen LogP contribution in [0.3, 0.4) is 0 Å². The van der Waals surface area contributed by atoms with E-state index < -0.39 is 28.5 Å². The van der Waals surface area contributed by atoms with Crippen LogP contribution in [0, 0.1) is 0 Å². The van der Waals surface area contributed by atoms with Gasteiger partial charge < -0.3 is 10.2 Å². The van der Waals surface area contributed by atoms with Crippen LogP contribution in [0.15, 0.2) is 72.8 Å². The van der Waals surface area contributed by atoms with Gasteiger partial charge in [0.05, 0.1) is 11.9 Å². The highest BCUT2D eigenvalue weighted by atomic mass is 32.2. The molecule has 0 aromatic heterocycles. The smallest absolute Gasteiger partial charge is 0.244 e. The van der Waals surface area contributed by atoms with Crippen LogP contribution in [0.25, 0.3) is 10.8 Å². The largest absolute Gasteiger partial charge is 0.355 e. The van der Waals surface area contributed by atoms with Crippen LogP contribution in [-0.4, -0.2) is 50.5 Å². The van der Waals surface area contributed by atoms with Crippen molar-refractivity contribution < 1.29 is 18.0 Å². The number of amides is 2. The Kier molecular flexibility index (Phi) is 8.28. The van der Waals surface area contributed by atoms with Crippen LogP contribution in [0.4, 0.5) is 5.69 Å². The van der Waals surface area contributed by atoms with E-state index in [9.17, 15) is 18.0 Å². The molecule has 0 aliphatic rings. The van der Waals surface area contributed by atoms with E-state index in [2.05, 4.69) is 5.32 Å². The second kappa shape index (κ2) is 11.2. The molecule has 34 heavy (non-hydrogen) atoms. The molecule has 0 saturated carbocycles. The molecule has 3 rings (SSSR count). The first-order valence-electron chi connectivity index (χ1n) is 11.3. The van der Waals surface area contributed by atoms with Gasteiger partial charge in [0, 0.05) is 18.5 Å². The minimum Gasteiger partial charge on any atom is -0.355 e. The van der Waals surface area contributed by atoms with Gasteiger partial charge in [-0.1, -0.05) is 73.7 Å². The normalized spacial score (nSPS) is 12.2. The van der Waals surface area contributed by atoms with E-state index in [1.165, 1.54) is 4.90 Å². The molecule has 2 amide bonds. The molecule has 0 spiro atoms. The van der Waals surface area contributed by atoms with Crippen molar-refractivity contribution in [1.82, 2.24) is 10.2 Å². The Bertz CT molecular complexity index is 1240. The molecule has 0 aliphatic carbocycles. The number of nitrogens with zero attached hydrogens (tertiary/aromatic N) is 2. The SMILES string of the molecule is CCNC(=O)[C@@H](CC)N(Cc1ccccc1)C(=O)CN(c1cccc2ccccc12)S(C)(=O)=O. The summed E-state index contributed by atoms with van der Waals surface area (Å²) in [5, 5.41) is 4.39. The molecular weight excluding hydrogens is 450 g/mol. The maximum atomic E-state index is 13.7. The minimum absolute atomic E-state index is 0.197. The van der Waals surface area contributed by atoms with Gasteiger partial charge in [-0.15, -0.1) is 0 Å². The van der Waals surface area contributed by atoms with E-state index in [1.807, 2.05) is 74.5 Å². The lowest BCUT2D eigenvalue weighted by Crippen LogP contribution is -2.52. The second-order valence-electron chi connectivity index (χ2n) is 8.09. The zero-order valence-corrected chi connectivity index (χ0v) is 20.6. The number of hydrogen-bond acceptors (Lipinski definition) is 4. The number of likely N-dealkylation sites (N-methyl/N-ethyl adjacent to an activating group) is 1. The zero-order chi connectivity index (χ0) is 24.7. The van der Waals surface area contributed by atoms with Crippen molar-refractivity contribution in [3.8, 4) is 0 Å². The molecule has 3 aromatic rings. The van der Waals surface area contributed by atoms with E-state index in [4.69, 9.17) is 0 Å². The molecule has 1 atom stereocenters. The van der Waals surface area contributed by atoms with E-state index in [0.29, 0.717) is 18.7 Å².